The normalized spacial score (nSPS) is 14.9. The highest BCUT2D eigenvalue weighted by Gasteiger charge is 2.32. The second-order valence-corrected chi connectivity index (χ2v) is 13.2. The molecular formula is C36H55N7O6. The smallest absolute Gasteiger partial charge is 0.252 e. The van der Waals surface area contributed by atoms with Crippen LogP contribution < -0.4 is 36.6 Å². The van der Waals surface area contributed by atoms with Gasteiger partial charge in [-0.2, -0.15) is 4.73 Å². The Bertz CT molecular complexity index is 1370. The molecule has 0 bridgehead atoms. The van der Waals surface area contributed by atoms with Crippen LogP contribution in [0.2, 0.25) is 0 Å². The van der Waals surface area contributed by atoms with Crippen molar-refractivity contribution in [3.05, 3.63) is 71.2 Å². The molecule has 0 fully saturated rings. The summed E-state index contributed by atoms with van der Waals surface area (Å²) in [5.74, 6) is -2.27. The molecule has 49 heavy (non-hydrogen) atoms. The summed E-state index contributed by atoms with van der Waals surface area (Å²) in [4.78, 5) is 66.3. The molecule has 0 saturated heterocycles. The summed E-state index contributed by atoms with van der Waals surface area (Å²) in [6, 6.07) is 7.79. The highest BCUT2D eigenvalue weighted by Crippen LogP contribution is 2.17. The fourth-order valence-corrected chi connectivity index (χ4v) is 5.22. The third kappa shape index (κ3) is 13.1. The van der Waals surface area contributed by atoms with Crippen molar-refractivity contribution in [2.45, 2.75) is 98.4 Å². The van der Waals surface area contributed by atoms with Gasteiger partial charge in [0.05, 0.1) is 11.6 Å². The third-order valence-electron chi connectivity index (χ3n) is 8.29. The number of carbonyl (C=O) groups excluding carboxylic acids is 5. The molecule has 2 rings (SSSR count). The standard InChI is InChI=1S/C36H55N7O6/c1-9-24(7)30(41-33(45)27-16-18-43(49)19-17-27)35(47)42-31(26-14-12-11-13-15-26)36(48)39-28(20-22(3)4)21-38-25(8)32(44)40-29(23(5)6)34(46)37-10-2/h11-19,22-25,28-31,38H,9-10,20-21H2,1-8H3,(H,37,46)(H,39,48)(H,40,44)(H,41,45)(H,42,47)/t24-,25-,28-,29-,30-,31-/m0/s1. The molecule has 0 unspecified atom stereocenters. The summed E-state index contributed by atoms with van der Waals surface area (Å²) < 4.78 is 0.562. The van der Waals surface area contributed by atoms with Gasteiger partial charge in [-0.1, -0.05) is 78.3 Å². The molecular weight excluding hydrogens is 626 g/mol. The molecule has 5 amide bonds. The highest BCUT2D eigenvalue weighted by atomic mass is 16.5. The van der Waals surface area contributed by atoms with Crippen molar-refractivity contribution < 1.29 is 28.7 Å². The molecule has 1 aromatic heterocycles. The lowest BCUT2D eigenvalue weighted by atomic mass is 9.96. The summed E-state index contributed by atoms with van der Waals surface area (Å²) in [7, 11) is 0. The van der Waals surface area contributed by atoms with Crippen LogP contribution >= 0.6 is 0 Å². The zero-order valence-corrected chi connectivity index (χ0v) is 30.0. The van der Waals surface area contributed by atoms with Crippen LogP contribution in [0.3, 0.4) is 0 Å². The van der Waals surface area contributed by atoms with E-state index in [1.54, 1.807) is 31.2 Å². The summed E-state index contributed by atoms with van der Waals surface area (Å²) >= 11 is 0. The van der Waals surface area contributed by atoms with Crippen molar-refractivity contribution in [1.82, 2.24) is 31.9 Å². The highest BCUT2D eigenvalue weighted by molar-refractivity contribution is 5.98. The summed E-state index contributed by atoms with van der Waals surface area (Å²) in [6.45, 7) is 15.7. The van der Waals surface area contributed by atoms with Crippen molar-refractivity contribution in [1.29, 1.82) is 0 Å². The fourth-order valence-electron chi connectivity index (χ4n) is 5.22. The van der Waals surface area contributed by atoms with Crippen LogP contribution in [0.1, 0.15) is 90.2 Å². The van der Waals surface area contributed by atoms with Gasteiger partial charge in [-0.3, -0.25) is 24.0 Å². The molecule has 0 aliphatic rings. The van der Waals surface area contributed by atoms with E-state index in [9.17, 15) is 29.2 Å². The molecule has 13 heteroatoms. The molecule has 0 aliphatic heterocycles. The van der Waals surface area contributed by atoms with Crippen molar-refractivity contribution in [2.75, 3.05) is 13.1 Å². The maximum absolute atomic E-state index is 13.9. The van der Waals surface area contributed by atoms with Crippen LogP contribution in [0.4, 0.5) is 0 Å². The second kappa shape index (κ2) is 20.1. The van der Waals surface area contributed by atoms with Crippen LogP contribution in [0, 0.1) is 23.0 Å². The number of pyridine rings is 1. The van der Waals surface area contributed by atoms with E-state index in [1.165, 1.54) is 24.5 Å². The number of nitrogens with zero attached hydrogens (tertiary/aromatic N) is 1. The quantitative estimate of drug-likeness (QED) is 0.0969. The minimum absolute atomic E-state index is 0.112. The third-order valence-corrected chi connectivity index (χ3v) is 8.29. The van der Waals surface area contributed by atoms with Crippen molar-refractivity contribution >= 4 is 29.5 Å². The number of amides is 5. The minimum atomic E-state index is -1.08. The number of nitrogens with one attached hydrogen (secondary N) is 6. The first-order chi connectivity index (χ1) is 23.2. The Labute approximate surface area is 290 Å². The summed E-state index contributed by atoms with van der Waals surface area (Å²) in [6.07, 6.45) is 3.56. The number of hydrogen-bond donors (Lipinski definition) is 6. The van der Waals surface area contributed by atoms with Gasteiger partial charge in [0.25, 0.3) is 5.91 Å². The molecule has 0 radical (unpaired) electrons. The first-order valence-corrected chi connectivity index (χ1v) is 17.1. The second-order valence-electron chi connectivity index (χ2n) is 13.2. The van der Waals surface area contributed by atoms with E-state index in [1.807, 2.05) is 54.5 Å². The van der Waals surface area contributed by atoms with Gasteiger partial charge in [-0.25, -0.2) is 0 Å². The Kier molecular flexibility index (Phi) is 16.7. The lowest BCUT2D eigenvalue weighted by molar-refractivity contribution is -0.605. The maximum Gasteiger partial charge on any atom is 0.252 e. The zero-order valence-electron chi connectivity index (χ0n) is 30.0. The molecule has 270 valence electrons. The number of rotatable bonds is 19. The topological polar surface area (TPSA) is 184 Å². The Morgan fingerprint density at radius 3 is 1.92 bits per heavy atom. The Balaban J connectivity index is 2.23. The van der Waals surface area contributed by atoms with Crippen LogP contribution in [0.25, 0.3) is 0 Å². The Hall–Kier alpha value is -4.52. The molecule has 2 aromatic rings. The largest absolute Gasteiger partial charge is 0.619 e. The minimum Gasteiger partial charge on any atom is -0.619 e. The number of likely N-dealkylation sites (N-methyl/N-ethyl adjacent to an activating group) is 1. The van der Waals surface area contributed by atoms with Gasteiger partial charge in [0.15, 0.2) is 12.4 Å². The summed E-state index contributed by atoms with van der Waals surface area (Å²) in [5.41, 5.74) is 0.779. The number of carbonyl (C=O) groups is 5. The monoisotopic (exact) mass is 681 g/mol. The van der Waals surface area contributed by atoms with Crippen LogP contribution in [0.5, 0.6) is 0 Å². The van der Waals surface area contributed by atoms with Gasteiger partial charge in [-0.15, -0.1) is 0 Å². The number of benzene rings is 1. The Morgan fingerprint density at radius 1 is 0.735 bits per heavy atom. The van der Waals surface area contributed by atoms with Gasteiger partial charge in [0, 0.05) is 31.3 Å². The van der Waals surface area contributed by atoms with E-state index in [0.717, 1.165) is 0 Å². The van der Waals surface area contributed by atoms with Crippen LogP contribution in [0.15, 0.2) is 54.9 Å². The van der Waals surface area contributed by atoms with Crippen LogP contribution in [-0.2, 0) is 19.2 Å². The molecule has 1 aromatic carbocycles. The lowest BCUT2D eigenvalue weighted by Crippen LogP contribution is -2.56. The maximum atomic E-state index is 13.9. The van der Waals surface area contributed by atoms with Gasteiger partial charge >= 0.3 is 0 Å². The van der Waals surface area contributed by atoms with E-state index >= 15 is 0 Å². The first kappa shape index (κ1) is 40.7. The van der Waals surface area contributed by atoms with Gasteiger partial charge in [-0.05, 0) is 43.6 Å². The predicted molar refractivity (Wildman–Crippen MR) is 188 cm³/mol. The lowest BCUT2D eigenvalue weighted by Gasteiger charge is -2.29. The summed E-state index contributed by atoms with van der Waals surface area (Å²) in [5, 5.41) is 28.9. The molecule has 6 N–H and O–H groups in total. The molecule has 1 heterocycles. The van der Waals surface area contributed by atoms with Crippen LogP contribution in [-0.4, -0.2) is 66.8 Å². The van der Waals surface area contributed by atoms with E-state index in [2.05, 4.69) is 31.9 Å². The van der Waals surface area contributed by atoms with Crippen molar-refractivity contribution in [3.8, 4) is 0 Å². The molecule has 6 atom stereocenters. The first-order valence-electron chi connectivity index (χ1n) is 17.1. The SMILES string of the molecule is CCNC(=O)[C@@H](NC(=O)[C@H](C)NC[C@H](CC(C)C)NC(=O)[C@@H](NC(=O)[C@@H](NC(=O)c1cc[n+]([O-])cc1)[C@@H](C)CC)c1ccccc1)C(C)C. The number of hydrogen-bond acceptors (Lipinski definition) is 7. The van der Waals surface area contributed by atoms with Gasteiger partial charge in [0.2, 0.25) is 23.6 Å². The van der Waals surface area contributed by atoms with E-state index < -0.39 is 47.9 Å². The predicted octanol–water partition coefficient (Wildman–Crippen LogP) is 2.11. The fraction of sp³-hybridized carbons (Fsp3) is 0.556. The van der Waals surface area contributed by atoms with Crippen molar-refractivity contribution in [3.63, 3.8) is 0 Å². The van der Waals surface area contributed by atoms with Gasteiger partial charge < -0.3 is 37.1 Å². The van der Waals surface area contributed by atoms with E-state index in [0.29, 0.717) is 29.7 Å². The Morgan fingerprint density at radius 2 is 1.37 bits per heavy atom. The average Bonchev–Trinajstić information content (AvgIpc) is 3.06. The van der Waals surface area contributed by atoms with E-state index in [-0.39, 0.29) is 41.7 Å². The molecule has 0 aliphatic carbocycles. The zero-order chi connectivity index (χ0) is 36.7. The van der Waals surface area contributed by atoms with E-state index in [4.69, 9.17) is 0 Å². The molecule has 0 spiro atoms. The average molecular weight is 682 g/mol. The van der Waals surface area contributed by atoms with Gasteiger partial charge in [0.1, 0.15) is 18.1 Å². The molecule has 0 saturated carbocycles. The van der Waals surface area contributed by atoms with Crippen molar-refractivity contribution in [2.24, 2.45) is 17.8 Å². The molecule has 13 nitrogen and oxygen atoms in total. The number of aromatic nitrogens is 1.